The van der Waals surface area contributed by atoms with Crippen LogP contribution >= 0.6 is 0 Å². The second-order valence-corrected chi connectivity index (χ2v) is 9.07. The Balaban J connectivity index is 1.41. The lowest BCUT2D eigenvalue weighted by molar-refractivity contribution is -0.147. The molecule has 174 valence electrons. The van der Waals surface area contributed by atoms with Crippen LogP contribution in [0.25, 0.3) is 15.8 Å². The second-order valence-electron chi connectivity index (χ2n) is 9.07. The van der Waals surface area contributed by atoms with Gasteiger partial charge in [0.2, 0.25) is 11.6 Å². The van der Waals surface area contributed by atoms with Gasteiger partial charge in [-0.3, -0.25) is 9.59 Å². The van der Waals surface area contributed by atoms with E-state index in [-0.39, 0.29) is 47.7 Å². The summed E-state index contributed by atoms with van der Waals surface area (Å²) in [7, 11) is 0. The van der Waals surface area contributed by atoms with Crippen molar-refractivity contribution in [3.05, 3.63) is 40.4 Å². The van der Waals surface area contributed by atoms with Crippen molar-refractivity contribution in [2.24, 2.45) is 5.92 Å². The zero-order chi connectivity index (χ0) is 23.5. The Hall–Kier alpha value is -3.06. The number of alkyl halides is 3. The van der Waals surface area contributed by atoms with Crippen molar-refractivity contribution in [2.75, 3.05) is 26.2 Å². The predicted molar refractivity (Wildman–Crippen MR) is 111 cm³/mol. The summed E-state index contributed by atoms with van der Waals surface area (Å²) in [5.41, 5.74) is -1.14. The zero-order valence-corrected chi connectivity index (χ0v) is 17.7. The number of carbonyl (C=O) groups excluding carboxylic acids is 2. The van der Waals surface area contributed by atoms with E-state index in [0.29, 0.717) is 31.5 Å². The molecule has 5 rings (SSSR count). The average Bonchev–Trinajstić information content (AvgIpc) is 3.55. The number of fused-ring (bicyclic) bond motifs is 1. The molecule has 2 aromatic rings. The zero-order valence-electron chi connectivity index (χ0n) is 17.7. The van der Waals surface area contributed by atoms with Crippen molar-refractivity contribution in [3.8, 4) is 0 Å². The Morgan fingerprint density at radius 1 is 1.09 bits per heavy atom. The lowest BCUT2D eigenvalue weighted by atomic mass is 9.93. The maximum Gasteiger partial charge on any atom is 0.419 e. The molecule has 0 bridgehead atoms. The highest BCUT2D eigenvalue weighted by Gasteiger charge is 2.40. The predicted octanol–water partition coefficient (Wildman–Crippen LogP) is 3.94. The quantitative estimate of drug-likeness (QED) is 0.703. The van der Waals surface area contributed by atoms with Crippen LogP contribution in [-0.4, -0.2) is 59.0 Å². The van der Waals surface area contributed by atoms with Gasteiger partial charge >= 0.3 is 6.18 Å². The third-order valence-electron chi connectivity index (χ3n) is 6.75. The fourth-order valence-electron chi connectivity index (χ4n) is 4.70. The maximum absolute atomic E-state index is 13.7. The minimum Gasteiger partial charge on any atom is -0.463 e. The average molecular weight is 461 g/mol. The Morgan fingerprint density at radius 2 is 1.76 bits per heavy atom. The van der Waals surface area contributed by atoms with Gasteiger partial charge in [-0.25, -0.2) is 4.85 Å². The highest BCUT2D eigenvalue weighted by Crippen LogP contribution is 2.47. The largest absolute Gasteiger partial charge is 0.463 e. The van der Waals surface area contributed by atoms with Gasteiger partial charge in [-0.2, -0.15) is 13.2 Å². The first-order chi connectivity index (χ1) is 15.7. The van der Waals surface area contributed by atoms with Gasteiger partial charge in [0.25, 0.3) is 5.91 Å². The molecule has 1 aliphatic carbocycles. The number of aliphatic hydroxyl groups excluding tert-OH is 1. The standard InChI is InChI=1S/C23H22F3N3O4/c1-27-18-16-8-14(12-2-3-12)9-17(23(24,25)26)19(16)33-20(18)22(32)28-6-4-13(5-7-28)21(31)29-10-15(30)11-29/h8-9,12-13,15,30H,2-7,10-11H2. The normalized spacial score (nSPS) is 20.1. The second kappa shape index (κ2) is 7.76. The van der Waals surface area contributed by atoms with Gasteiger partial charge in [-0.05, 0) is 43.2 Å². The number of hydrogen-bond acceptors (Lipinski definition) is 4. The molecule has 7 nitrogen and oxygen atoms in total. The summed E-state index contributed by atoms with van der Waals surface area (Å²) in [5.74, 6) is -1.30. The SMILES string of the molecule is [C-]#[N+]c1c(C(=O)N2CCC(C(=O)N3CC(O)C3)CC2)oc2c(C(F)(F)F)cc(C3CC3)cc12. The number of piperidine rings is 1. The van der Waals surface area contributed by atoms with Crippen molar-refractivity contribution in [1.29, 1.82) is 0 Å². The number of carbonyl (C=O) groups is 2. The molecule has 0 spiro atoms. The van der Waals surface area contributed by atoms with E-state index < -0.39 is 29.3 Å². The first-order valence-corrected chi connectivity index (χ1v) is 11.0. The van der Waals surface area contributed by atoms with Crippen LogP contribution in [0.3, 0.4) is 0 Å². The van der Waals surface area contributed by atoms with E-state index >= 15 is 0 Å². The third-order valence-corrected chi connectivity index (χ3v) is 6.75. The van der Waals surface area contributed by atoms with Gasteiger partial charge < -0.3 is 19.3 Å². The summed E-state index contributed by atoms with van der Waals surface area (Å²) < 4.78 is 46.7. The Labute approximate surface area is 187 Å². The van der Waals surface area contributed by atoms with Gasteiger partial charge in [0.05, 0.1) is 18.2 Å². The van der Waals surface area contributed by atoms with E-state index in [1.54, 1.807) is 11.0 Å². The fourth-order valence-corrected chi connectivity index (χ4v) is 4.70. The lowest BCUT2D eigenvalue weighted by Crippen LogP contribution is -2.56. The molecule has 3 aliphatic rings. The molecular formula is C23H22F3N3O4. The van der Waals surface area contributed by atoms with E-state index in [1.165, 1.54) is 4.90 Å². The Bertz CT molecular complexity index is 1160. The molecule has 1 aromatic heterocycles. The number of rotatable bonds is 3. The first-order valence-electron chi connectivity index (χ1n) is 11.0. The van der Waals surface area contributed by atoms with Crippen LogP contribution in [0.4, 0.5) is 18.9 Å². The van der Waals surface area contributed by atoms with Crippen molar-refractivity contribution in [3.63, 3.8) is 0 Å². The highest BCUT2D eigenvalue weighted by atomic mass is 19.4. The van der Waals surface area contributed by atoms with Crippen molar-refractivity contribution >= 4 is 28.5 Å². The lowest BCUT2D eigenvalue weighted by Gasteiger charge is -2.40. The van der Waals surface area contributed by atoms with Gasteiger partial charge in [-0.15, -0.1) is 0 Å². The number of aliphatic hydroxyl groups is 1. The van der Waals surface area contributed by atoms with Crippen molar-refractivity contribution in [2.45, 2.75) is 43.9 Å². The smallest absolute Gasteiger partial charge is 0.419 e. The minimum atomic E-state index is -4.68. The van der Waals surface area contributed by atoms with E-state index in [9.17, 15) is 27.9 Å². The summed E-state index contributed by atoms with van der Waals surface area (Å²) in [6.45, 7) is 8.63. The molecule has 33 heavy (non-hydrogen) atoms. The molecule has 2 amide bonds. The monoisotopic (exact) mass is 461 g/mol. The van der Waals surface area contributed by atoms with E-state index in [4.69, 9.17) is 11.0 Å². The number of amides is 2. The van der Waals surface area contributed by atoms with Crippen LogP contribution in [0.2, 0.25) is 0 Å². The Kier molecular flexibility index (Phi) is 5.12. The molecule has 3 fully saturated rings. The van der Waals surface area contributed by atoms with E-state index in [0.717, 1.165) is 18.9 Å². The van der Waals surface area contributed by atoms with Crippen LogP contribution < -0.4 is 0 Å². The Morgan fingerprint density at radius 3 is 2.30 bits per heavy atom. The topological polar surface area (TPSA) is 78.4 Å². The number of likely N-dealkylation sites (tertiary alicyclic amines) is 2. The first kappa shape index (κ1) is 21.8. The number of β-amino-alcohol motifs (C(OH)–C–C–N with tert-alkyl or cyclic N) is 1. The van der Waals surface area contributed by atoms with Gasteiger partial charge in [0.15, 0.2) is 5.76 Å². The minimum absolute atomic E-state index is 0.0199. The maximum atomic E-state index is 13.7. The van der Waals surface area contributed by atoms with E-state index in [2.05, 4.69) is 4.85 Å². The summed E-state index contributed by atoms with van der Waals surface area (Å²) in [6.07, 6.45) is -2.76. The molecule has 1 saturated carbocycles. The van der Waals surface area contributed by atoms with Gasteiger partial charge in [0.1, 0.15) is 5.58 Å². The van der Waals surface area contributed by atoms with Gasteiger partial charge in [-0.1, -0.05) is 6.07 Å². The summed E-state index contributed by atoms with van der Waals surface area (Å²) >= 11 is 0. The summed E-state index contributed by atoms with van der Waals surface area (Å²) in [4.78, 5) is 32.0. The van der Waals surface area contributed by atoms with Crippen LogP contribution in [0.5, 0.6) is 0 Å². The molecule has 0 radical (unpaired) electrons. The molecule has 3 heterocycles. The molecule has 10 heteroatoms. The number of furan rings is 1. The number of halogens is 3. The fraction of sp³-hybridized carbons (Fsp3) is 0.522. The summed E-state index contributed by atoms with van der Waals surface area (Å²) in [6, 6.07) is 2.61. The number of nitrogens with zero attached hydrogens (tertiary/aromatic N) is 3. The molecule has 0 unspecified atom stereocenters. The molecule has 1 aromatic carbocycles. The highest BCUT2D eigenvalue weighted by molar-refractivity contribution is 6.07. The summed E-state index contributed by atoms with van der Waals surface area (Å²) in [5, 5.41) is 9.40. The molecule has 0 atom stereocenters. The van der Waals surface area contributed by atoms with E-state index in [1.807, 2.05) is 0 Å². The van der Waals surface area contributed by atoms with Crippen LogP contribution in [-0.2, 0) is 11.0 Å². The van der Waals surface area contributed by atoms with Crippen molar-refractivity contribution in [1.82, 2.24) is 9.80 Å². The molecular weight excluding hydrogens is 439 g/mol. The van der Waals surface area contributed by atoms with Crippen LogP contribution in [0, 0.1) is 12.5 Å². The van der Waals surface area contributed by atoms with Crippen LogP contribution in [0.15, 0.2) is 16.5 Å². The number of benzene rings is 1. The molecule has 1 N–H and O–H groups in total. The van der Waals surface area contributed by atoms with Gasteiger partial charge in [0, 0.05) is 37.5 Å². The molecule has 2 saturated heterocycles. The number of hydrogen-bond donors (Lipinski definition) is 1. The van der Waals surface area contributed by atoms with Crippen LogP contribution in [0.1, 0.15) is 53.3 Å². The third kappa shape index (κ3) is 3.84. The van der Waals surface area contributed by atoms with Crippen molar-refractivity contribution < 1.29 is 32.3 Å². The molecule has 2 aliphatic heterocycles.